The number of carbonyl (C=O) groups excluding carboxylic acids is 1. The van der Waals surface area contributed by atoms with E-state index in [1.807, 2.05) is 30.3 Å². The van der Waals surface area contributed by atoms with Gasteiger partial charge in [-0.15, -0.1) is 0 Å². The van der Waals surface area contributed by atoms with Crippen LogP contribution in [0.4, 0.5) is 11.8 Å². The van der Waals surface area contributed by atoms with Crippen LogP contribution >= 0.6 is 0 Å². The standard InChI is InChI=1S/C19H20N6O/c20-18(26)15-11-17(24-16-7-2-1-6-14(15)16)23-13-5-3-10-25(12-13)19-21-8-4-9-22-19/h1-2,4,6-9,11,13H,3,5,10,12H2,(H2,20,26)(H,23,24)/t13-/m0/s1. The number of carbonyl (C=O) groups is 1. The van der Waals surface area contributed by atoms with E-state index < -0.39 is 5.91 Å². The number of pyridine rings is 1. The van der Waals surface area contributed by atoms with Gasteiger partial charge in [0.1, 0.15) is 5.82 Å². The van der Waals surface area contributed by atoms with Gasteiger partial charge in [0.15, 0.2) is 0 Å². The summed E-state index contributed by atoms with van der Waals surface area (Å²) in [6.45, 7) is 1.71. The molecule has 1 aliphatic rings. The Balaban J connectivity index is 1.58. The fraction of sp³-hybridized carbons (Fsp3) is 0.263. The van der Waals surface area contributed by atoms with Gasteiger partial charge in [-0.25, -0.2) is 15.0 Å². The van der Waals surface area contributed by atoms with E-state index in [4.69, 9.17) is 5.73 Å². The molecule has 7 heteroatoms. The Labute approximate surface area is 151 Å². The molecule has 3 N–H and O–H groups in total. The Morgan fingerprint density at radius 1 is 1.19 bits per heavy atom. The van der Waals surface area contributed by atoms with E-state index in [0.29, 0.717) is 11.4 Å². The summed E-state index contributed by atoms with van der Waals surface area (Å²) >= 11 is 0. The summed E-state index contributed by atoms with van der Waals surface area (Å²) in [5.74, 6) is 0.955. The topological polar surface area (TPSA) is 97.0 Å². The lowest BCUT2D eigenvalue weighted by atomic mass is 10.1. The number of para-hydroxylation sites is 1. The minimum atomic E-state index is -0.449. The number of hydrogen-bond donors (Lipinski definition) is 2. The van der Waals surface area contributed by atoms with Gasteiger partial charge in [-0.3, -0.25) is 4.79 Å². The third-order valence-electron chi connectivity index (χ3n) is 4.59. The first-order chi connectivity index (χ1) is 12.7. The molecule has 132 valence electrons. The number of hydrogen-bond acceptors (Lipinski definition) is 6. The molecule has 0 aliphatic carbocycles. The molecule has 1 atom stereocenters. The van der Waals surface area contributed by atoms with Crippen molar-refractivity contribution >= 4 is 28.6 Å². The highest BCUT2D eigenvalue weighted by atomic mass is 16.1. The first kappa shape index (κ1) is 16.3. The Morgan fingerprint density at radius 3 is 2.81 bits per heavy atom. The molecule has 1 amide bonds. The summed E-state index contributed by atoms with van der Waals surface area (Å²) in [6, 6.07) is 11.3. The van der Waals surface area contributed by atoms with Crippen molar-refractivity contribution in [3.8, 4) is 0 Å². The van der Waals surface area contributed by atoms with Crippen LogP contribution in [0, 0.1) is 0 Å². The molecule has 0 radical (unpaired) electrons. The van der Waals surface area contributed by atoms with E-state index in [1.165, 1.54) is 0 Å². The van der Waals surface area contributed by atoms with Crippen molar-refractivity contribution in [1.82, 2.24) is 15.0 Å². The number of nitrogens with one attached hydrogen (secondary N) is 1. The van der Waals surface area contributed by atoms with Crippen molar-refractivity contribution in [1.29, 1.82) is 0 Å². The number of primary amides is 1. The Bertz CT molecular complexity index is 930. The highest BCUT2D eigenvalue weighted by Gasteiger charge is 2.22. The molecular weight excluding hydrogens is 328 g/mol. The van der Waals surface area contributed by atoms with E-state index in [2.05, 4.69) is 25.2 Å². The van der Waals surface area contributed by atoms with Gasteiger partial charge >= 0.3 is 0 Å². The van der Waals surface area contributed by atoms with Crippen molar-refractivity contribution < 1.29 is 4.79 Å². The van der Waals surface area contributed by atoms with Crippen LogP contribution in [0.2, 0.25) is 0 Å². The Kier molecular flexibility index (Phi) is 4.35. The van der Waals surface area contributed by atoms with Crippen LogP contribution < -0.4 is 16.0 Å². The normalized spacial score (nSPS) is 17.2. The predicted octanol–water partition coefficient (Wildman–Crippen LogP) is 2.20. The number of piperidine rings is 1. The minimum Gasteiger partial charge on any atom is -0.366 e. The fourth-order valence-electron chi connectivity index (χ4n) is 3.39. The number of rotatable bonds is 4. The van der Waals surface area contributed by atoms with E-state index in [-0.39, 0.29) is 6.04 Å². The van der Waals surface area contributed by atoms with Crippen LogP contribution in [0.5, 0.6) is 0 Å². The zero-order chi connectivity index (χ0) is 17.9. The van der Waals surface area contributed by atoms with Crippen molar-refractivity contribution in [3.63, 3.8) is 0 Å². The van der Waals surface area contributed by atoms with Gasteiger partial charge in [-0.1, -0.05) is 18.2 Å². The summed E-state index contributed by atoms with van der Waals surface area (Å²) in [6.07, 6.45) is 5.56. The van der Waals surface area contributed by atoms with Crippen molar-refractivity contribution in [2.45, 2.75) is 18.9 Å². The molecule has 4 rings (SSSR count). The van der Waals surface area contributed by atoms with E-state index in [1.54, 1.807) is 18.5 Å². The van der Waals surface area contributed by atoms with Gasteiger partial charge in [0, 0.05) is 36.9 Å². The molecule has 0 unspecified atom stereocenters. The van der Waals surface area contributed by atoms with Crippen molar-refractivity contribution in [2.24, 2.45) is 5.73 Å². The average Bonchev–Trinajstić information content (AvgIpc) is 2.68. The van der Waals surface area contributed by atoms with Gasteiger partial charge in [-0.05, 0) is 31.0 Å². The summed E-state index contributed by atoms with van der Waals surface area (Å²) in [4.78, 5) is 27.3. The molecule has 1 aliphatic heterocycles. The smallest absolute Gasteiger partial charge is 0.249 e. The van der Waals surface area contributed by atoms with E-state index >= 15 is 0 Å². The molecule has 1 aromatic carbocycles. The molecule has 7 nitrogen and oxygen atoms in total. The maximum atomic E-state index is 11.8. The Morgan fingerprint density at radius 2 is 2.00 bits per heavy atom. The fourth-order valence-corrected chi connectivity index (χ4v) is 3.39. The maximum Gasteiger partial charge on any atom is 0.249 e. The van der Waals surface area contributed by atoms with Crippen LogP contribution in [0.1, 0.15) is 23.2 Å². The molecule has 0 bridgehead atoms. The van der Waals surface area contributed by atoms with Gasteiger partial charge in [0.2, 0.25) is 11.9 Å². The van der Waals surface area contributed by atoms with E-state index in [9.17, 15) is 4.79 Å². The second-order valence-electron chi connectivity index (χ2n) is 6.41. The molecule has 3 heterocycles. The largest absolute Gasteiger partial charge is 0.366 e. The van der Waals surface area contributed by atoms with Crippen LogP contribution in [0.15, 0.2) is 48.8 Å². The number of aromatic nitrogens is 3. The molecule has 2 aromatic heterocycles. The number of amides is 1. The number of fused-ring (bicyclic) bond motifs is 1. The SMILES string of the molecule is NC(=O)c1cc(N[C@H]2CCCN(c3ncccn3)C2)nc2ccccc12. The first-order valence-corrected chi connectivity index (χ1v) is 8.69. The third-order valence-corrected chi connectivity index (χ3v) is 4.59. The molecule has 1 saturated heterocycles. The lowest BCUT2D eigenvalue weighted by molar-refractivity contribution is 0.100. The summed E-state index contributed by atoms with van der Waals surface area (Å²) in [5, 5.41) is 4.22. The predicted molar refractivity (Wildman–Crippen MR) is 101 cm³/mol. The average molecular weight is 348 g/mol. The molecule has 0 saturated carbocycles. The van der Waals surface area contributed by atoms with E-state index in [0.717, 1.165) is 42.8 Å². The second-order valence-corrected chi connectivity index (χ2v) is 6.41. The monoisotopic (exact) mass is 348 g/mol. The molecule has 26 heavy (non-hydrogen) atoms. The number of benzene rings is 1. The Hall–Kier alpha value is -3.22. The van der Waals surface area contributed by atoms with Crippen LogP contribution in [-0.2, 0) is 0 Å². The zero-order valence-corrected chi connectivity index (χ0v) is 14.3. The molecule has 1 fully saturated rings. The van der Waals surface area contributed by atoms with Crippen molar-refractivity contribution in [2.75, 3.05) is 23.3 Å². The quantitative estimate of drug-likeness (QED) is 0.750. The number of nitrogens with zero attached hydrogens (tertiary/aromatic N) is 4. The summed E-state index contributed by atoms with van der Waals surface area (Å²) in [5.41, 5.74) is 6.80. The van der Waals surface area contributed by atoms with Gasteiger partial charge in [0.25, 0.3) is 0 Å². The zero-order valence-electron chi connectivity index (χ0n) is 14.3. The highest BCUT2D eigenvalue weighted by molar-refractivity contribution is 6.06. The maximum absolute atomic E-state index is 11.8. The van der Waals surface area contributed by atoms with Crippen LogP contribution in [-0.4, -0.2) is 40.0 Å². The highest BCUT2D eigenvalue weighted by Crippen LogP contribution is 2.23. The van der Waals surface area contributed by atoms with Gasteiger partial charge in [0.05, 0.1) is 11.1 Å². The van der Waals surface area contributed by atoms with Crippen LogP contribution in [0.25, 0.3) is 10.9 Å². The van der Waals surface area contributed by atoms with Gasteiger partial charge < -0.3 is 16.0 Å². The number of nitrogens with two attached hydrogens (primary N) is 1. The summed E-state index contributed by atoms with van der Waals surface area (Å²) in [7, 11) is 0. The number of anilines is 2. The van der Waals surface area contributed by atoms with Crippen LogP contribution in [0.3, 0.4) is 0 Å². The third kappa shape index (κ3) is 3.28. The lowest BCUT2D eigenvalue weighted by Crippen LogP contribution is -2.43. The van der Waals surface area contributed by atoms with Gasteiger partial charge in [-0.2, -0.15) is 0 Å². The minimum absolute atomic E-state index is 0.196. The second kappa shape index (κ2) is 6.95. The molecule has 3 aromatic rings. The molecule has 0 spiro atoms. The first-order valence-electron chi connectivity index (χ1n) is 8.69. The molecular formula is C19H20N6O. The lowest BCUT2D eigenvalue weighted by Gasteiger charge is -2.33. The van der Waals surface area contributed by atoms with Crippen molar-refractivity contribution in [3.05, 3.63) is 54.4 Å². The summed E-state index contributed by atoms with van der Waals surface area (Å²) < 4.78 is 0.